The summed E-state index contributed by atoms with van der Waals surface area (Å²) in [6, 6.07) is 11.4. The highest BCUT2D eigenvalue weighted by Gasteiger charge is 2.27. The zero-order valence-electron chi connectivity index (χ0n) is 15.6. The van der Waals surface area contributed by atoms with Gasteiger partial charge in [0, 0.05) is 31.7 Å². The smallest absolute Gasteiger partial charge is 0.256 e. The van der Waals surface area contributed by atoms with Crippen LogP contribution in [0, 0.1) is 5.82 Å². The van der Waals surface area contributed by atoms with E-state index in [1.807, 2.05) is 19.1 Å². The molecular weight excluding hydrogens is 347 g/mol. The van der Waals surface area contributed by atoms with E-state index in [9.17, 15) is 14.0 Å². The SMILES string of the molecule is CCc1cc(C(=O)N2CCN(C(=O)c3ccccc3F)CC2)ccc1OC. The first kappa shape index (κ1) is 18.9. The first-order valence-electron chi connectivity index (χ1n) is 9.05. The summed E-state index contributed by atoms with van der Waals surface area (Å²) < 4.78 is 19.1. The lowest BCUT2D eigenvalue weighted by Crippen LogP contribution is -2.50. The van der Waals surface area contributed by atoms with Crippen molar-refractivity contribution < 1.29 is 18.7 Å². The number of methoxy groups -OCH3 is 1. The Balaban J connectivity index is 1.66. The third-order valence-electron chi connectivity index (χ3n) is 4.87. The monoisotopic (exact) mass is 370 g/mol. The second kappa shape index (κ2) is 8.20. The van der Waals surface area contributed by atoms with Crippen LogP contribution in [0.1, 0.15) is 33.2 Å². The summed E-state index contributed by atoms with van der Waals surface area (Å²) in [6.07, 6.45) is 0.773. The molecule has 1 saturated heterocycles. The van der Waals surface area contributed by atoms with Crippen LogP contribution in [0.4, 0.5) is 4.39 Å². The maximum Gasteiger partial charge on any atom is 0.256 e. The second-order valence-corrected chi connectivity index (χ2v) is 6.44. The zero-order valence-corrected chi connectivity index (χ0v) is 15.6. The van der Waals surface area contributed by atoms with Crippen LogP contribution in [0.2, 0.25) is 0 Å². The molecule has 0 N–H and O–H groups in total. The van der Waals surface area contributed by atoms with Gasteiger partial charge in [0.1, 0.15) is 11.6 Å². The number of carbonyl (C=O) groups is 2. The minimum atomic E-state index is -0.522. The summed E-state index contributed by atoms with van der Waals surface area (Å²) in [4.78, 5) is 28.6. The molecule has 1 aliphatic heterocycles. The van der Waals surface area contributed by atoms with Gasteiger partial charge in [-0.1, -0.05) is 19.1 Å². The van der Waals surface area contributed by atoms with Gasteiger partial charge in [-0.25, -0.2) is 4.39 Å². The van der Waals surface area contributed by atoms with Crippen molar-refractivity contribution in [2.45, 2.75) is 13.3 Å². The van der Waals surface area contributed by atoms with Gasteiger partial charge in [0.2, 0.25) is 0 Å². The number of carbonyl (C=O) groups excluding carboxylic acids is 2. The lowest BCUT2D eigenvalue weighted by molar-refractivity contribution is 0.0532. The standard InChI is InChI=1S/C21H23FN2O3/c1-3-15-14-16(8-9-19(15)27-2)20(25)23-10-12-24(13-11-23)21(26)17-6-4-5-7-18(17)22/h4-9,14H,3,10-13H2,1-2H3. The Bertz CT molecular complexity index is 845. The molecule has 1 fully saturated rings. The summed E-state index contributed by atoms with van der Waals surface area (Å²) in [5.41, 5.74) is 1.67. The molecule has 142 valence electrons. The van der Waals surface area contributed by atoms with E-state index in [2.05, 4.69) is 0 Å². The van der Waals surface area contributed by atoms with Gasteiger partial charge in [0.15, 0.2) is 0 Å². The number of rotatable bonds is 4. The molecule has 0 bridgehead atoms. The molecule has 3 rings (SSSR count). The molecule has 0 radical (unpaired) electrons. The van der Waals surface area contributed by atoms with E-state index in [-0.39, 0.29) is 17.4 Å². The molecular formula is C21H23FN2O3. The fraction of sp³-hybridized carbons (Fsp3) is 0.333. The molecule has 0 atom stereocenters. The van der Waals surface area contributed by atoms with Crippen molar-refractivity contribution in [1.82, 2.24) is 9.80 Å². The quantitative estimate of drug-likeness (QED) is 0.831. The molecule has 5 nitrogen and oxygen atoms in total. The van der Waals surface area contributed by atoms with E-state index >= 15 is 0 Å². The zero-order chi connectivity index (χ0) is 19.4. The predicted octanol–water partition coefficient (Wildman–Crippen LogP) is 2.99. The number of hydrogen-bond acceptors (Lipinski definition) is 3. The number of halogens is 1. The van der Waals surface area contributed by atoms with E-state index < -0.39 is 5.82 Å². The van der Waals surface area contributed by atoms with Crippen molar-refractivity contribution >= 4 is 11.8 Å². The molecule has 0 unspecified atom stereocenters. The van der Waals surface area contributed by atoms with E-state index in [4.69, 9.17) is 4.74 Å². The van der Waals surface area contributed by atoms with Crippen LogP contribution in [0.5, 0.6) is 5.75 Å². The lowest BCUT2D eigenvalue weighted by atomic mass is 10.1. The summed E-state index contributed by atoms with van der Waals surface area (Å²) in [5, 5.41) is 0. The Hall–Kier alpha value is -2.89. The minimum absolute atomic E-state index is 0.0645. The Kier molecular flexibility index (Phi) is 5.74. The normalized spacial score (nSPS) is 14.2. The van der Waals surface area contributed by atoms with Gasteiger partial charge in [-0.15, -0.1) is 0 Å². The first-order chi connectivity index (χ1) is 13.0. The average molecular weight is 370 g/mol. The average Bonchev–Trinajstić information content (AvgIpc) is 2.72. The van der Waals surface area contributed by atoms with E-state index in [0.717, 1.165) is 17.7 Å². The Morgan fingerprint density at radius 3 is 2.22 bits per heavy atom. The van der Waals surface area contributed by atoms with Crippen molar-refractivity contribution in [1.29, 1.82) is 0 Å². The van der Waals surface area contributed by atoms with Crippen LogP contribution in [0.3, 0.4) is 0 Å². The summed E-state index contributed by atoms with van der Waals surface area (Å²) >= 11 is 0. The highest BCUT2D eigenvalue weighted by atomic mass is 19.1. The molecule has 0 spiro atoms. The molecule has 2 aromatic rings. The van der Waals surface area contributed by atoms with Gasteiger partial charge in [-0.05, 0) is 42.3 Å². The summed E-state index contributed by atoms with van der Waals surface area (Å²) in [6.45, 7) is 3.63. The third-order valence-corrected chi connectivity index (χ3v) is 4.87. The van der Waals surface area contributed by atoms with Crippen molar-refractivity contribution in [3.05, 3.63) is 65.0 Å². The van der Waals surface area contributed by atoms with Gasteiger partial charge in [-0.2, -0.15) is 0 Å². The number of benzene rings is 2. The summed E-state index contributed by atoms with van der Waals surface area (Å²) in [7, 11) is 1.61. The molecule has 6 heteroatoms. The topological polar surface area (TPSA) is 49.9 Å². The number of nitrogens with zero attached hydrogens (tertiary/aromatic N) is 2. The fourth-order valence-corrected chi connectivity index (χ4v) is 3.29. The molecule has 27 heavy (non-hydrogen) atoms. The highest BCUT2D eigenvalue weighted by molar-refractivity contribution is 5.96. The number of aryl methyl sites for hydroxylation is 1. The Morgan fingerprint density at radius 2 is 1.63 bits per heavy atom. The van der Waals surface area contributed by atoms with Gasteiger partial charge < -0.3 is 14.5 Å². The molecule has 2 aromatic carbocycles. The summed E-state index contributed by atoms with van der Waals surface area (Å²) in [5.74, 6) is -0.149. The molecule has 1 heterocycles. The molecule has 1 aliphatic rings. The first-order valence-corrected chi connectivity index (χ1v) is 9.05. The van der Waals surface area contributed by atoms with Gasteiger partial charge in [-0.3, -0.25) is 9.59 Å². The van der Waals surface area contributed by atoms with Crippen molar-refractivity contribution in [3.8, 4) is 5.75 Å². The fourth-order valence-electron chi connectivity index (χ4n) is 3.29. The number of piperazine rings is 1. The number of amides is 2. The maximum atomic E-state index is 13.8. The van der Waals surface area contributed by atoms with Crippen LogP contribution in [-0.4, -0.2) is 54.9 Å². The van der Waals surface area contributed by atoms with Gasteiger partial charge >= 0.3 is 0 Å². The second-order valence-electron chi connectivity index (χ2n) is 6.44. The van der Waals surface area contributed by atoms with Crippen LogP contribution >= 0.6 is 0 Å². The van der Waals surface area contributed by atoms with Gasteiger partial charge in [0.05, 0.1) is 12.7 Å². The molecule has 0 aromatic heterocycles. The number of ether oxygens (including phenoxy) is 1. The lowest BCUT2D eigenvalue weighted by Gasteiger charge is -2.35. The van der Waals surface area contributed by atoms with Crippen molar-refractivity contribution in [2.75, 3.05) is 33.3 Å². The third kappa shape index (κ3) is 3.94. The van der Waals surface area contributed by atoms with Crippen molar-refractivity contribution in [3.63, 3.8) is 0 Å². The highest BCUT2D eigenvalue weighted by Crippen LogP contribution is 2.22. The largest absolute Gasteiger partial charge is 0.496 e. The Labute approximate surface area is 158 Å². The van der Waals surface area contributed by atoms with E-state index in [0.29, 0.717) is 31.7 Å². The molecule has 0 aliphatic carbocycles. The van der Waals surface area contributed by atoms with Crippen molar-refractivity contribution in [2.24, 2.45) is 0 Å². The van der Waals surface area contributed by atoms with Gasteiger partial charge in [0.25, 0.3) is 11.8 Å². The van der Waals surface area contributed by atoms with E-state index in [1.54, 1.807) is 35.1 Å². The van der Waals surface area contributed by atoms with E-state index in [1.165, 1.54) is 12.1 Å². The minimum Gasteiger partial charge on any atom is -0.496 e. The maximum absolute atomic E-state index is 13.8. The number of hydrogen-bond donors (Lipinski definition) is 0. The van der Waals surface area contributed by atoms with Crippen LogP contribution < -0.4 is 4.74 Å². The molecule has 2 amide bonds. The van der Waals surface area contributed by atoms with Crippen LogP contribution in [-0.2, 0) is 6.42 Å². The predicted molar refractivity (Wildman–Crippen MR) is 101 cm³/mol. The van der Waals surface area contributed by atoms with Crippen LogP contribution in [0.15, 0.2) is 42.5 Å². The Morgan fingerprint density at radius 1 is 1.00 bits per heavy atom. The molecule has 0 saturated carbocycles. The van der Waals surface area contributed by atoms with Crippen LogP contribution in [0.25, 0.3) is 0 Å².